The molecular formula is C16H14FN3O. The molecule has 5 heteroatoms. The minimum atomic E-state index is -0.635. The first-order chi connectivity index (χ1) is 10.1. The molecule has 21 heavy (non-hydrogen) atoms. The molecule has 0 aliphatic heterocycles. The molecule has 0 radical (unpaired) electrons. The van der Waals surface area contributed by atoms with Crippen molar-refractivity contribution in [3.63, 3.8) is 0 Å². The van der Waals surface area contributed by atoms with E-state index in [0.29, 0.717) is 12.1 Å². The number of hydrogen-bond donors (Lipinski definition) is 1. The third kappa shape index (κ3) is 2.38. The largest absolute Gasteiger partial charge is 0.366 e. The lowest BCUT2D eigenvalue weighted by Crippen LogP contribution is -2.12. The van der Waals surface area contributed by atoms with E-state index >= 15 is 0 Å². The molecule has 0 unspecified atom stereocenters. The Balaban J connectivity index is 2.03. The number of imidazole rings is 1. The van der Waals surface area contributed by atoms with Gasteiger partial charge in [-0.25, -0.2) is 9.37 Å². The Hall–Kier alpha value is -2.69. The number of para-hydroxylation sites is 2. The van der Waals surface area contributed by atoms with E-state index in [2.05, 4.69) is 4.98 Å². The van der Waals surface area contributed by atoms with Gasteiger partial charge in [-0.05, 0) is 31.2 Å². The number of nitrogens with two attached hydrogens (primary N) is 1. The summed E-state index contributed by atoms with van der Waals surface area (Å²) >= 11 is 0. The van der Waals surface area contributed by atoms with Crippen LogP contribution in [0.1, 0.15) is 21.7 Å². The lowest BCUT2D eigenvalue weighted by atomic mass is 10.1. The van der Waals surface area contributed by atoms with Crippen LogP contribution in [-0.2, 0) is 6.54 Å². The molecule has 0 bridgehead atoms. The zero-order valence-corrected chi connectivity index (χ0v) is 11.5. The average Bonchev–Trinajstić information content (AvgIpc) is 2.77. The summed E-state index contributed by atoms with van der Waals surface area (Å²) in [6, 6.07) is 12.0. The quantitative estimate of drug-likeness (QED) is 0.803. The summed E-state index contributed by atoms with van der Waals surface area (Å²) in [5.74, 6) is -0.261. The number of amides is 1. The third-order valence-electron chi connectivity index (χ3n) is 3.51. The number of fused-ring (bicyclic) bond motifs is 1. The van der Waals surface area contributed by atoms with Crippen LogP contribution in [0.5, 0.6) is 0 Å². The topological polar surface area (TPSA) is 60.9 Å². The van der Waals surface area contributed by atoms with Gasteiger partial charge in [0.25, 0.3) is 0 Å². The van der Waals surface area contributed by atoms with Crippen LogP contribution in [0, 0.1) is 12.7 Å². The lowest BCUT2D eigenvalue weighted by molar-refractivity contribution is 0.1000. The van der Waals surface area contributed by atoms with Crippen LogP contribution in [-0.4, -0.2) is 15.5 Å². The maximum Gasteiger partial charge on any atom is 0.248 e. The van der Waals surface area contributed by atoms with E-state index in [-0.39, 0.29) is 5.56 Å². The first-order valence-electron chi connectivity index (χ1n) is 6.56. The molecule has 0 aliphatic rings. The summed E-state index contributed by atoms with van der Waals surface area (Å²) < 4.78 is 16.0. The molecule has 2 aromatic carbocycles. The second-order valence-corrected chi connectivity index (χ2v) is 4.90. The van der Waals surface area contributed by atoms with Crippen molar-refractivity contribution < 1.29 is 9.18 Å². The van der Waals surface area contributed by atoms with Gasteiger partial charge in [-0.3, -0.25) is 4.79 Å². The van der Waals surface area contributed by atoms with Gasteiger partial charge in [0.1, 0.15) is 11.6 Å². The van der Waals surface area contributed by atoms with Crippen molar-refractivity contribution in [3.05, 3.63) is 65.2 Å². The fraction of sp³-hybridized carbons (Fsp3) is 0.125. The van der Waals surface area contributed by atoms with Gasteiger partial charge in [0.2, 0.25) is 5.91 Å². The van der Waals surface area contributed by atoms with Crippen molar-refractivity contribution in [1.29, 1.82) is 0 Å². The van der Waals surface area contributed by atoms with Crippen LogP contribution >= 0.6 is 0 Å². The smallest absolute Gasteiger partial charge is 0.248 e. The average molecular weight is 283 g/mol. The van der Waals surface area contributed by atoms with Crippen molar-refractivity contribution in [3.8, 4) is 0 Å². The van der Waals surface area contributed by atoms with Crippen LogP contribution in [0.15, 0.2) is 42.5 Å². The predicted molar refractivity (Wildman–Crippen MR) is 78.5 cm³/mol. The lowest BCUT2D eigenvalue weighted by Gasteiger charge is -2.09. The van der Waals surface area contributed by atoms with Gasteiger partial charge < -0.3 is 10.3 Å². The Bertz CT molecular complexity index is 839. The Morgan fingerprint density at radius 2 is 2.05 bits per heavy atom. The summed E-state index contributed by atoms with van der Waals surface area (Å²) in [5.41, 5.74) is 7.64. The number of benzene rings is 2. The Labute approximate surface area is 121 Å². The molecule has 0 aliphatic carbocycles. The van der Waals surface area contributed by atoms with E-state index < -0.39 is 11.7 Å². The van der Waals surface area contributed by atoms with E-state index in [9.17, 15) is 9.18 Å². The zero-order chi connectivity index (χ0) is 15.0. The number of aromatic nitrogens is 2. The molecular weight excluding hydrogens is 269 g/mol. The Morgan fingerprint density at radius 1 is 1.29 bits per heavy atom. The highest BCUT2D eigenvalue weighted by Gasteiger charge is 2.11. The van der Waals surface area contributed by atoms with Crippen molar-refractivity contribution in [2.24, 2.45) is 5.73 Å². The second kappa shape index (κ2) is 5.01. The molecule has 0 saturated carbocycles. The Morgan fingerprint density at radius 3 is 2.76 bits per heavy atom. The molecule has 1 heterocycles. The van der Waals surface area contributed by atoms with Crippen LogP contribution in [0.2, 0.25) is 0 Å². The first-order valence-corrected chi connectivity index (χ1v) is 6.56. The molecule has 2 N–H and O–H groups in total. The van der Waals surface area contributed by atoms with E-state index in [1.807, 2.05) is 35.8 Å². The predicted octanol–water partition coefficient (Wildman–Crippen LogP) is 2.63. The highest BCUT2D eigenvalue weighted by Crippen LogP contribution is 2.19. The van der Waals surface area contributed by atoms with Gasteiger partial charge in [-0.1, -0.05) is 18.2 Å². The molecule has 3 aromatic rings. The number of halogens is 1. The number of primary amides is 1. The minimum Gasteiger partial charge on any atom is -0.366 e. The van der Waals surface area contributed by atoms with Gasteiger partial charge in [-0.2, -0.15) is 0 Å². The molecule has 0 spiro atoms. The summed E-state index contributed by atoms with van der Waals surface area (Å²) in [6.45, 7) is 2.24. The monoisotopic (exact) mass is 283 g/mol. The number of nitrogens with zero attached hydrogens (tertiary/aromatic N) is 2. The second-order valence-electron chi connectivity index (χ2n) is 4.90. The molecule has 0 atom stereocenters. The molecule has 0 fully saturated rings. The highest BCUT2D eigenvalue weighted by molar-refractivity contribution is 5.92. The van der Waals surface area contributed by atoms with E-state index in [1.165, 1.54) is 12.1 Å². The van der Waals surface area contributed by atoms with Gasteiger partial charge in [0, 0.05) is 11.1 Å². The van der Waals surface area contributed by atoms with Crippen molar-refractivity contribution >= 4 is 16.9 Å². The molecule has 0 saturated heterocycles. The molecule has 4 nitrogen and oxygen atoms in total. The van der Waals surface area contributed by atoms with Crippen molar-refractivity contribution in [1.82, 2.24) is 9.55 Å². The van der Waals surface area contributed by atoms with E-state index in [0.717, 1.165) is 16.9 Å². The SMILES string of the molecule is Cc1nc2ccccc2n1Cc1ccc(C(N)=O)cc1F. The summed E-state index contributed by atoms with van der Waals surface area (Å²) in [6.07, 6.45) is 0. The van der Waals surface area contributed by atoms with E-state index in [4.69, 9.17) is 5.73 Å². The summed E-state index contributed by atoms with van der Waals surface area (Å²) in [5, 5.41) is 0. The van der Waals surface area contributed by atoms with Crippen molar-refractivity contribution in [2.75, 3.05) is 0 Å². The molecule has 106 valence electrons. The van der Waals surface area contributed by atoms with Gasteiger partial charge >= 0.3 is 0 Å². The van der Waals surface area contributed by atoms with Crippen LogP contribution in [0.25, 0.3) is 11.0 Å². The van der Waals surface area contributed by atoms with Crippen LogP contribution in [0.3, 0.4) is 0 Å². The highest BCUT2D eigenvalue weighted by atomic mass is 19.1. The first kappa shape index (κ1) is 13.3. The number of carbonyl (C=O) groups excluding carboxylic acids is 1. The summed E-state index contributed by atoms with van der Waals surface area (Å²) in [4.78, 5) is 15.5. The number of hydrogen-bond acceptors (Lipinski definition) is 2. The minimum absolute atomic E-state index is 0.170. The number of rotatable bonds is 3. The van der Waals surface area contributed by atoms with E-state index in [1.54, 1.807) is 6.07 Å². The van der Waals surface area contributed by atoms with Crippen LogP contribution in [0.4, 0.5) is 4.39 Å². The van der Waals surface area contributed by atoms with Gasteiger partial charge in [0.05, 0.1) is 17.6 Å². The maximum absolute atomic E-state index is 14.1. The standard InChI is InChI=1S/C16H14FN3O/c1-10-19-14-4-2-3-5-15(14)20(10)9-12-7-6-11(16(18)21)8-13(12)17/h2-8H,9H2,1H3,(H2,18,21). The van der Waals surface area contributed by atoms with Crippen molar-refractivity contribution in [2.45, 2.75) is 13.5 Å². The molecule has 1 amide bonds. The molecule has 1 aromatic heterocycles. The number of carbonyl (C=O) groups is 1. The summed E-state index contributed by atoms with van der Waals surface area (Å²) in [7, 11) is 0. The maximum atomic E-state index is 14.1. The van der Waals surface area contributed by atoms with Gasteiger partial charge in [-0.15, -0.1) is 0 Å². The normalized spacial score (nSPS) is 11.0. The Kier molecular flexibility index (Phi) is 3.17. The molecule has 3 rings (SSSR count). The van der Waals surface area contributed by atoms with Gasteiger partial charge in [0.15, 0.2) is 0 Å². The fourth-order valence-corrected chi connectivity index (χ4v) is 2.39. The number of aryl methyl sites for hydroxylation is 1. The fourth-order valence-electron chi connectivity index (χ4n) is 2.39. The van der Waals surface area contributed by atoms with Crippen LogP contribution < -0.4 is 5.73 Å². The third-order valence-corrected chi connectivity index (χ3v) is 3.51. The zero-order valence-electron chi connectivity index (χ0n) is 11.5.